The fraction of sp³-hybridized carbons (Fsp3) is 0.556. The Morgan fingerprint density at radius 3 is 2.48 bits per heavy atom. The molecule has 0 N–H and O–H groups in total. The van der Waals surface area contributed by atoms with E-state index in [1.807, 2.05) is 35.2 Å². The number of hydrogen-bond acceptors (Lipinski definition) is 3. The number of rotatable bonds is 4. The van der Waals surface area contributed by atoms with Gasteiger partial charge in [-0.05, 0) is 50.0 Å². The molecule has 0 saturated carbocycles. The Balaban J connectivity index is 1.74. The van der Waals surface area contributed by atoms with Gasteiger partial charge in [-0.1, -0.05) is 18.2 Å². The average molecular weight is 332 g/mol. The summed E-state index contributed by atoms with van der Waals surface area (Å²) in [5.74, 6) is 1.20. The van der Waals surface area contributed by atoms with Gasteiger partial charge in [0, 0.05) is 18.8 Å². The second-order valence-corrected chi connectivity index (χ2v) is 7.51. The van der Waals surface area contributed by atoms with Crippen LogP contribution in [0.15, 0.2) is 30.3 Å². The highest BCUT2D eigenvalue weighted by molar-refractivity contribution is 8.00. The molecular weight excluding hydrogens is 308 g/mol. The van der Waals surface area contributed by atoms with E-state index in [0.717, 1.165) is 50.2 Å². The van der Waals surface area contributed by atoms with Crippen molar-refractivity contribution in [3.05, 3.63) is 30.3 Å². The highest BCUT2D eigenvalue weighted by Gasteiger charge is 2.31. The minimum Gasteiger partial charge on any atom is -0.341 e. The monoisotopic (exact) mass is 332 g/mol. The molecule has 0 unspecified atom stereocenters. The maximum absolute atomic E-state index is 12.9. The highest BCUT2D eigenvalue weighted by Crippen LogP contribution is 2.29. The number of thioether (sulfide) groups is 1. The summed E-state index contributed by atoms with van der Waals surface area (Å²) in [5, 5.41) is 0.00404. The summed E-state index contributed by atoms with van der Waals surface area (Å²) in [4.78, 5) is 29.1. The number of carbonyl (C=O) groups excluding carboxylic acids is 2. The first-order valence-corrected chi connectivity index (χ1v) is 9.56. The van der Waals surface area contributed by atoms with Gasteiger partial charge in [0.2, 0.25) is 11.8 Å². The van der Waals surface area contributed by atoms with Crippen LogP contribution in [-0.4, -0.2) is 47.4 Å². The molecule has 2 aliphatic heterocycles. The maximum atomic E-state index is 12.9. The standard InChI is InChI=1S/C18H24N2O2S/c21-17(19-11-5-2-6-12-19)14-20(15-8-3-1-4-9-15)18(22)16-10-7-13-23-16/h1,3-4,8-9,16H,2,5-7,10-14H2/t16-/m1/s1. The maximum Gasteiger partial charge on any atom is 0.242 e. The topological polar surface area (TPSA) is 40.6 Å². The third kappa shape index (κ3) is 4.08. The van der Waals surface area contributed by atoms with E-state index in [4.69, 9.17) is 0 Å². The first kappa shape index (κ1) is 16.4. The van der Waals surface area contributed by atoms with E-state index in [1.165, 1.54) is 6.42 Å². The number of benzene rings is 1. The summed E-state index contributed by atoms with van der Waals surface area (Å²) in [6.07, 6.45) is 5.35. The van der Waals surface area contributed by atoms with Gasteiger partial charge in [-0.25, -0.2) is 0 Å². The number of anilines is 1. The van der Waals surface area contributed by atoms with E-state index in [2.05, 4.69) is 0 Å². The van der Waals surface area contributed by atoms with E-state index in [-0.39, 0.29) is 23.6 Å². The Hall–Kier alpha value is -1.49. The number of para-hydroxylation sites is 1. The lowest BCUT2D eigenvalue weighted by atomic mass is 10.1. The fourth-order valence-electron chi connectivity index (χ4n) is 3.23. The zero-order valence-electron chi connectivity index (χ0n) is 13.4. The Morgan fingerprint density at radius 1 is 1.09 bits per heavy atom. The van der Waals surface area contributed by atoms with Crippen LogP contribution < -0.4 is 4.90 Å². The van der Waals surface area contributed by atoms with Gasteiger partial charge in [-0.15, -0.1) is 11.8 Å². The summed E-state index contributed by atoms with van der Waals surface area (Å²) >= 11 is 1.72. The lowest BCUT2D eigenvalue weighted by Gasteiger charge is -2.31. The predicted octanol–water partition coefficient (Wildman–Crippen LogP) is 2.93. The van der Waals surface area contributed by atoms with Crippen molar-refractivity contribution in [3.8, 4) is 0 Å². The molecule has 4 nitrogen and oxygen atoms in total. The second-order valence-electron chi connectivity index (χ2n) is 6.20. The molecule has 0 aromatic heterocycles. The Bertz CT molecular complexity index is 537. The first-order valence-electron chi connectivity index (χ1n) is 8.51. The molecule has 0 aliphatic carbocycles. The molecule has 2 fully saturated rings. The molecular formula is C18H24N2O2S. The van der Waals surface area contributed by atoms with Crippen LogP contribution in [-0.2, 0) is 9.59 Å². The summed E-state index contributed by atoms with van der Waals surface area (Å²) in [6, 6.07) is 9.61. The van der Waals surface area contributed by atoms with Crippen molar-refractivity contribution in [3.63, 3.8) is 0 Å². The minimum atomic E-state index is 0.00404. The van der Waals surface area contributed by atoms with Gasteiger partial charge in [-0.2, -0.15) is 0 Å². The van der Waals surface area contributed by atoms with E-state index in [1.54, 1.807) is 16.7 Å². The average Bonchev–Trinajstić information content (AvgIpc) is 3.15. The van der Waals surface area contributed by atoms with Crippen LogP contribution in [0.2, 0.25) is 0 Å². The van der Waals surface area contributed by atoms with Crippen molar-refractivity contribution < 1.29 is 9.59 Å². The van der Waals surface area contributed by atoms with Gasteiger partial charge < -0.3 is 9.80 Å². The minimum absolute atomic E-state index is 0.00404. The number of nitrogens with zero attached hydrogens (tertiary/aromatic N) is 2. The molecule has 0 radical (unpaired) electrons. The Kier molecular flexibility index (Phi) is 5.60. The molecule has 2 saturated heterocycles. The van der Waals surface area contributed by atoms with Crippen LogP contribution >= 0.6 is 11.8 Å². The number of amides is 2. The van der Waals surface area contributed by atoms with Gasteiger partial charge in [0.1, 0.15) is 6.54 Å². The first-order chi connectivity index (χ1) is 11.3. The quantitative estimate of drug-likeness (QED) is 0.851. The molecule has 1 aromatic rings. The van der Waals surface area contributed by atoms with Gasteiger partial charge in [0.15, 0.2) is 0 Å². The molecule has 2 amide bonds. The van der Waals surface area contributed by atoms with E-state index >= 15 is 0 Å². The molecule has 1 atom stereocenters. The molecule has 3 rings (SSSR count). The highest BCUT2D eigenvalue weighted by atomic mass is 32.2. The van der Waals surface area contributed by atoms with E-state index < -0.39 is 0 Å². The van der Waals surface area contributed by atoms with Gasteiger partial charge >= 0.3 is 0 Å². The van der Waals surface area contributed by atoms with Crippen molar-refractivity contribution in [2.75, 3.05) is 30.3 Å². The number of likely N-dealkylation sites (tertiary alicyclic amines) is 1. The third-order valence-corrected chi connectivity index (χ3v) is 5.91. The second kappa shape index (κ2) is 7.86. The van der Waals surface area contributed by atoms with Crippen LogP contribution in [0.5, 0.6) is 0 Å². The zero-order valence-corrected chi connectivity index (χ0v) is 14.3. The molecule has 0 bridgehead atoms. The summed E-state index contributed by atoms with van der Waals surface area (Å²) in [6.45, 7) is 1.82. The number of hydrogen-bond donors (Lipinski definition) is 0. The summed E-state index contributed by atoms with van der Waals surface area (Å²) in [7, 11) is 0. The van der Waals surface area contributed by atoms with Gasteiger partial charge in [-0.3, -0.25) is 9.59 Å². The van der Waals surface area contributed by atoms with Gasteiger partial charge in [0.05, 0.1) is 5.25 Å². The third-order valence-electron chi connectivity index (χ3n) is 4.54. The normalized spacial score (nSPS) is 21.2. The Labute approximate surface area is 142 Å². The molecule has 2 heterocycles. The van der Waals surface area contributed by atoms with Crippen molar-refractivity contribution in [1.29, 1.82) is 0 Å². The molecule has 124 valence electrons. The fourth-order valence-corrected chi connectivity index (χ4v) is 4.45. The largest absolute Gasteiger partial charge is 0.341 e. The van der Waals surface area contributed by atoms with Crippen molar-refractivity contribution in [2.45, 2.75) is 37.4 Å². The molecule has 0 spiro atoms. The van der Waals surface area contributed by atoms with Gasteiger partial charge in [0.25, 0.3) is 0 Å². The van der Waals surface area contributed by atoms with Crippen molar-refractivity contribution >= 4 is 29.3 Å². The van der Waals surface area contributed by atoms with Crippen molar-refractivity contribution in [2.24, 2.45) is 0 Å². The van der Waals surface area contributed by atoms with Crippen LogP contribution in [0.4, 0.5) is 5.69 Å². The van der Waals surface area contributed by atoms with Crippen molar-refractivity contribution in [1.82, 2.24) is 4.90 Å². The Morgan fingerprint density at radius 2 is 1.83 bits per heavy atom. The van der Waals surface area contributed by atoms with Crippen LogP contribution in [0, 0.1) is 0 Å². The lowest BCUT2D eigenvalue weighted by molar-refractivity contribution is -0.132. The molecule has 23 heavy (non-hydrogen) atoms. The summed E-state index contributed by atoms with van der Waals surface area (Å²) in [5.41, 5.74) is 0.829. The summed E-state index contributed by atoms with van der Waals surface area (Å²) < 4.78 is 0. The van der Waals surface area contributed by atoms with E-state index in [0.29, 0.717) is 0 Å². The number of piperidine rings is 1. The smallest absolute Gasteiger partial charge is 0.242 e. The molecule has 5 heteroatoms. The SMILES string of the molecule is O=C(CN(C(=O)[C@H]1CCCS1)c1ccccc1)N1CCCCC1. The zero-order chi connectivity index (χ0) is 16.1. The van der Waals surface area contributed by atoms with Crippen LogP contribution in [0.25, 0.3) is 0 Å². The molecule has 2 aliphatic rings. The van der Waals surface area contributed by atoms with E-state index in [9.17, 15) is 9.59 Å². The predicted molar refractivity (Wildman–Crippen MR) is 94.7 cm³/mol. The van der Waals surface area contributed by atoms with Crippen LogP contribution in [0.1, 0.15) is 32.1 Å². The molecule has 1 aromatic carbocycles. The lowest BCUT2D eigenvalue weighted by Crippen LogP contribution is -2.46. The number of carbonyl (C=O) groups is 2. The van der Waals surface area contributed by atoms with Crippen LogP contribution in [0.3, 0.4) is 0 Å².